The van der Waals surface area contributed by atoms with E-state index in [0.29, 0.717) is 22.3 Å². The van der Waals surface area contributed by atoms with Gasteiger partial charge in [-0.1, -0.05) is 0 Å². The molecule has 0 saturated carbocycles. The van der Waals surface area contributed by atoms with Gasteiger partial charge in [0.25, 0.3) is 0 Å². The lowest BCUT2D eigenvalue weighted by atomic mass is 10.1. The second kappa shape index (κ2) is 5.14. The summed E-state index contributed by atoms with van der Waals surface area (Å²) in [7, 11) is 4.35. The Balaban J connectivity index is 2.56. The average Bonchev–Trinajstić information content (AvgIpc) is 2.53. The maximum absolute atomic E-state index is 12.4. The molecule has 0 spiro atoms. The van der Waals surface area contributed by atoms with Crippen LogP contribution < -0.4 is 19.8 Å². The van der Waals surface area contributed by atoms with Crippen LogP contribution in [0.3, 0.4) is 0 Å². The first kappa shape index (κ1) is 14.1. The Morgan fingerprint density at radius 3 is 2.23 bits per heavy atom. The third-order valence-corrected chi connectivity index (χ3v) is 3.53. The van der Waals surface area contributed by atoms with E-state index in [-0.39, 0.29) is 22.5 Å². The zero-order chi connectivity index (χ0) is 15.9. The van der Waals surface area contributed by atoms with E-state index in [2.05, 4.69) is 0 Å². The van der Waals surface area contributed by atoms with E-state index in [1.807, 2.05) is 0 Å². The van der Waals surface area contributed by atoms with Crippen LogP contribution >= 0.6 is 0 Å². The highest BCUT2D eigenvalue weighted by molar-refractivity contribution is 6.09. The summed E-state index contributed by atoms with van der Waals surface area (Å²) in [6.45, 7) is 0. The number of ether oxygens (including phenoxy) is 3. The van der Waals surface area contributed by atoms with E-state index < -0.39 is 5.63 Å². The summed E-state index contributed by atoms with van der Waals surface area (Å²) >= 11 is 0. The quantitative estimate of drug-likeness (QED) is 0.592. The Bertz CT molecular complexity index is 925. The van der Waals surface area contributed by atoms with E-state index in [9.17, 15) is 9.90 Å². The molecule has 6 heteroatoms. The van der Waals surface area contributed by atoms with Crippen LogP contribution in [0, 0.1) is 0 Å². The highest BCUT2D eigenvalue weighted by Crippen LogP contribution is 2.40. The molecule has 0 saturated heterocycles. The third-order valence-electron chi connectivity index (χ3n) is 3.53. The summed E-state index contributed by atoms with van der Waals surface area (Å²) in [5, 5.41) is 11.4. The summed E-state index contributed by atoms with van der Waals surface area (Å²) < 4.78 is 21.0. The Kier molecular flexibility index (Phi) is 3.29. The van der Waals surface area contributed by atoms with Gasteiger partial charge in [-0.05, 0) is 24.3 Å². The average molecular weight is 302 g/mol. The first-order chi connectivity index (χ1) is 10.6. The number of benzene rings is 2. The number of rotatable bonds is 3. The van der Waals surface area contributed by atoms with Crippen molar-refractivity contribution in [2.75, 3.05) is 21.3 Å². The number of methoxy groups -OCH3 is 3. The van der Waals surface area contributed by atoms with E-state index in [0.717, 1.165) is 0 Å². The number of phenolic OH excluding ortho intramolecular Hbond substituents is 1. The first-order valence-corrected chi connectivity index (χ1v) is 6.49. The van der Waals surface area contributed by atoms with E-state index in [4.69, 9.17) is 18.6 Å². The Hall–Kier alpha value is -2.89. The highest BCUT2D eigenvalue weighted by Gasteiger charge is 2.19. The molecule has 0 aliphatic carbocycles. The number of aromatic hydroxyl groups is 1. The lowest BCUT2D eigenvalue weighted by Crippen LogP contribution is -2.04. The van der Waals surface area contributed by atoms with Crippen molar-refractivity contribution in [1.29, 1.82) is 0 Å². The van der Waals surface area contributed by atoms with Gasteiger partial charge in [-0.25, -0.2) is 4.79 Å². The van der Waals surface area contributed by atoms with Gasteiger partial charge in [0.05, 0.1) is 21.3 Å². The standard InChI is InChI=1S/C16H14O6/c1-19-11-7-5-8-9-4-6-10(17)14(20-2)13(9)22-16(18)12(8)15(11)21-3/h4-7,17H,1-3H3. The van der Waals surface area contributed by atoms with Crippen molar-refractivity contribution in [1.82, 2.24) is 0 Å². The first-order valence-electron chi connectivity index (χ1n) is 6.49. The maximum Gasteiger partial charge on any atom is 0.348 e. The third kappa shape index (κ3) is 1.84. The molecule has 0 radical (unpaired) electrons. The van der Waals surface area contributed by atoms with Gasteiger partial charge in [-0.2, -0.15) is 0 Å². The summed E-state index contributed by atoms with van der Waals surface area (Å²) in [4.78, 5) is 12.4. The Morgan fingerprint density at radius 2 is 1.59 bits per heavy atom. The van der Waals surface area contributed by atoms with Crippen molar-refractivity contribution in [3.8, 4) is 23.0 Å². The highest BCUT2D eigenvalue weighted by atomic mass is 16.5. The van der Waals surface area contributed by atoms with Crippen LogP contribution in [0.25, 0.3) is 21.7 Å². The zero-order valence-corrected chi connectivity index (χ0v) is 12.3. The van der Waals surface area contributed by atoms with Crippen molar-refractivity contribution < 1.29 is 23.7 Å². The number of hydrogen-bond acceptors (Lipinski definition) is 6. The van der Waals surface area contributed by atoms with Gasteiger partial charge >= 0.3 is 5.63 Å². The van der Waals surface area contributed by atoms with Gasteiger partial charge in [0.1, 0.15) is 5.39 Å². The molecule has 0 atom stereocenters. The molecule has 0 aliphatic heterocycles. The van der Waals surface area contributed by atoms with Gasteiger partial charge in [0.2, 0.25) is 5.75 Å². The van der Waals surface area contributed by atoms with E-state index in [1.165, 1.54) is 27.4 Å². The predicted molar refractivity (Wildman–Crippen MR) is 81.3 cm³/mol. The predicted octanol–water partition coefficient (Wildman–Crippen LogP) is 2.68. The molecule has 0 bridgehead atoms. The minimum Gasteiger partial charge on any atom is -0.504 e. The normalized spacial score (nSPS) is 10.9. The lowest BCUT2D eigenvalue weighted by Gasteiger charge is -2.12. The van der Waals surface area contributed by atoms with Gasteiger partial charge in [0.15, 0.2) is 22.8 Å². The van der Waals surface area contributed by atoms with Crippen LogP contribution in [0.4, 0.5) is 0 Å². The van der Waals surface area contributed by atoms with Gasteiger partial charge < -0.3 is 23.7 Å². The number of phenols is 1. The van der Waals surface area contributed by atoms with Crippen molar-refractivity contribution >= 4 is 21.7 Å². The monoisotopic (exact) mass is 302 g/mol. The minimum absolute atomic E-state index is 0.0991. The van der Waals surface area contributed by atoms with Crippen molar-refractivity contribution in [3.63, 3.8) is 0 Å². The summed E-state index contributed by atoms with van der Waals surface area (Å²) in [6, 6.07) is 6.59. The minimum atomic E-state index is -0.595. The lowest BCUT2D eigenvalue weighted by molar-refractivity contribution is 0.357. The Labute approximate surface area is 125 Å². The fourth-order valence-corrected chi connectivity index (χ4v) is 2.56. The maximum atomic E-state index is 12.4. The molecule has 114 valence electrons. The molecular weight excluding hydrogens is 288 g/mol. The molecule has 3 aromatic rings. The fraction of sp³-hybridized carbons (Fsp3) is 0.188. The molecule has 3 rings (SSSR count). The number of hydrogen-bond donors (Lipinski definition) is 1. The van der Waals surface area contributed by atoms with Crippen LogP contribution in [-0.4, -0.2) is 26.4 Å². The van der Waals surface area contributed by atoms with Crippen LogP contribution in [0.1, 0.15) is 0 Å². The molecule has 2 aromatic carbocycles. The summed E-state index contributed by atoms with van der Waals surface area (Å²) in [5.74, 6) is 0.763. The van der Waals surface area contributed by atoms with Gasteiger partial charge in [-0.15, -0.1) is 0 Å². The van der Waals surface area contributed by atoms with E-state index in [1.54, 1.807) is 18.2 Å². The van der Waals surface area contributed by atoms with Gasteiger partial charge in [0, 0.05) is 10.8 Å². The Morgan fingerprint density at radius 1 is 0.909 bits per heavy atom. The van der Waals surface area contributed by atoms with Crippen molar-refractivity contribution in [2.45, 2.75) is 0 Å². The molecule has 22 heavy (non-hydrogen) atoms. The molecule has 0 fully saturated rings. The van der Waals surface area contributed by atoms with Gasteiger partial charge in [-0.3, -0.25) is 0 Å². The topological polar surface area (TPSA) is 78.1 Å². The molecule has 6 nitrogen and oxygen atoms in total. The summed E-state index contributed by atoms with van der Waals surface area (Å²) in [6.07, 6.45) is 0. The van der Waals surface area contributed by atoms with Crippen LogP contribution in [0.5, 0.6) is 23.0 Å². The SMILES string of the molecule is COc1ccc2c(c1OC)c(=O)oc1c(OC)c(O)ccc12. The number of fused-ring (bicyclic) bond motifs is 3. The van der Waals surface area contributed by atoms with Crippen molar-refractivity contribution in [2.24, 2.45) is 0 Å². The molecule has 0 aliphatic rings. The smallest absolute Gasteiger partial charge is 0.348 e. The molecule has 1 aromatic heterocycles. The van der Waals surface area contributed by atoms with Crippen LogP contribution in [0.15, 0.2) is 33.5 Å². The zero-order valence-electron chi connectivity index (χ0n) is 12.3. The molecular formula is C16H14O6. The van der Waals surface area contributed by atoms with Crippen molar-refractivity contribution in [3.05, 3.63) is 34.7 Å². The second-order valence-electron chi connectivity index (χ2n) is 4.61. The van der Waals surface area contributed by atoms with Crippen LogP contribution in [0.2, 0.25) is 0 Å². The molecule has 0 amide bonds. The van der Waals surface area contributed by atoms with Crippen LogP contribution in [-0.2, 0) is 0 Å². The fourth-order valence-electron chi connectivity index (χ4n) is 2.56. The molecule has 0 unspecified atom stereocenters. The molecule has 1 heterocycles. The molecule has 1 N–H and O–H groups in total. The second-order valence-corrected chi connectivity index (χ2v) is 4.61. The summed E-state index contributed by atoms with van der Waals surface area (Å²) in [5.41, 5.74) is -0.408. The largest absolute Gasteiger partial charge is 0.504 e. The van der Waals surface area contributed by atoms with E-state index >= 15 is 0 Å².